The van der Waals surface area contributed by atoms with E-state index in [9.17, 15) is 14.4 Å². The Bertz CT molecular complexity index is 1090. The van der Waals surface area contributed by atoms with Crippen LogP contribution in [0, 0.1) is 0 Å². The Hall–Kier alpha value is -3.61. The maximum absolute atomic E-state index is 12.1. The Balaban J connectivity index is 1.38. The van der Waals surface area contributed by atoms with Crippen molar-refractivity contribution >= 4 is 34.7 Å². The topological polar surface area (TPSA) is 104 Å². The van der Waals surface area contributed by atoms with Gasteiger partial charge >= 0.3 is 5.76 Å². The molecule has 0 unspecified atom stereocenters. The summed E-state index contributed by atoms with van der Waals surface area (Å²) in [5.41, 5.74) is 2.90. The summed E-state index contributed by atoms with van der Waals surface area (Å²) in [6.07, 6.45) is 5.16. The molecule has 3 aromatic rings. The third-order valence-corrected chi connectivity index (χ3v) is 4.20. The maximum Gasteiger partial charge on any atom is 0.417 e. The highest BCUT2D eigenvalue weighted by Gasteiger charge is 2.23. The van der Waals surface area contributed by atoms with Crippen LogP contribution in [0.3, 0.4) is 0 Å². The summed E-state index contributed by atoms with van der Waals surface area (Å²) in [6, 6.07) is 12.2. The lowest BCUT2D eigenvalue weighted by Gasteiger charge is -2.03. The maximum atomic E-state index is 12.1. The van der Waals surface area contributed by atoms with Crippen molar-refractivity contribution in [3.8, 4) is 0 Å². The molecule has 27 heavy (non-hydrogen) atoms. The van der Waals surface area contributed by atoms with E-state index in [1.54, 1.807) is 48.5 Å². The van der Waals surface area contributed by atoms with Crippen LogP contribution < -0.4 is 16.4 Å². The summed E-state index contributed by atoms with van der Waals surface area (Å²) in [5, 5.41) is 5.65. The number of benzene rings is 2. The molecule has 7 heteroatoms. The SMILES string of the molecule is O=C(/C=C/c1ccc(C(=O)NC2CC2)cc1)Nc1ccc2oc(=O)[nH]c2c1. The standard InChI is InChI=1S/C20H17N3O4/c24-18(21-15-8-9-17-16(11-15)23-20(26)27-17)10-3-12-1-4-13(5-2-12)19(25)22-14-6-7-14/h1-5,8-11,14H,6-7H2,(H,21,24)(H,22,25)(H,23,26)/b10-3+. The molecule has 0 saturated heterocycles. The highest BCUT2D eigenvalue weighted by Crippen LogP contribution is 2.19. The van der Waals surface area contributed by atoms with Gasteiger partial charge in [0.25, 0.3) is 5.91 Å². The van der Waals surface area contributed by atoms with Crippen molar-refractivity contribution in [3.05, 3.63) is 70.2 Å². The third-order valence-electron chi connectivity index (χ3n) is 4.20. The van der Waals surface area contributed by atoms with Crippen LogP contribution in [-0.2, 0) is 4.79 Å². The van der Waals surface area contributed by atoms with Gasteiger partial charge in [0.2, 0.25) is 5.91 Å². The summed E-state index contributed by atoms with van der Waals surface area (Å²) in [5.74, 6) is -0.920. The third kappa shape index (κ3) is 4.14. The van der Waals surface area contributed by atoms with Crippen molar-refractivity contribution in [2.75, 3.05) is 5.32 Å². The van der Waals surface area contributed by atoms with Gasteiger partial charge in [-0.3, -0.25) is 14.6 Å². The van der Waals surface area contributed by atoms with E-state index in [0.717, 1.165) is 18.4 Å². The Morgan fingerprint density at radius 3 is 2.63 bits per heavy atom. The van der Waals surface area contributed by atoms with E-state index < -0.39 is 5.76 Å². The number of oxazole rings is 1. The van der Waals surface area contributed by atoms with Gasteiger partial charge in [-0.2, -0.15) is 0 Å². The summed E-state index contributed by atoms with van der Waals surface area (Å²) < 4.78 is 4.92. The van der Waals surface area contributed by atoms with Crippen LogP contribution in [0.2, 0.25) is 0 Å². The van der Waals surface area contributed by atoms with Crippen LogP contribution >= 0.6 is 0 Å². The molecule has 1 aliphatic carbocycles. The fourth-order valence-electron chi connectivity index (χ4n) is 2.63. The molecule has 0 spiro atoms. The summed E-state index contributed by atoms with van der Waals surface area (Å²) in [7, 11) is 0. The predicted octanol–water partition coefficient (Wildman–Crippen LogP) is 2.67. The Kier molecular flexibility index (Phi) is 4.33. The van der Waals surface area contributed by atoms with Crippen molar-refractivity contribution in [1.29, 1.82) is 0 Å². The van der Waals surface area contributed by atoms with Crippen molar-refractivity contribution < 1.29 is 14.0 Å². The minimum absolute atomic E-state index is 0.0709. The molecule has 136 valence electrons. The zero-order chi connectivity index (χ0) is 18.8. The Morgan fingerprint density at radius 1 is 1.11 bits per heavy atom. The molecule has 1 heterocycles. The molecule has 0 aliphatic heterocycles. The van der Waals surface area contributed by atoms with Gasteiger partial charge in [0.05, 0.1) is 5.52 Å². The van der Waals surface area contributed by atoms with Crippen LogP contribution in [0.4, 0.5) is 5.69 Å². The molecular formula is C20H17N3O4. The average molecular weight is 363 g/mol. The monoisotopic (exact) mass is 363 g/mol. The van der Waals surface area contributed by atoms with E-state index >= 15 is 0 Å². The van der Waals surface area contributed by atoms with Gasteiger partial charge in [0.1, 0.15) is 0 Å². The number of hydrogen-bond acceptors (Lipinski definition) is 4. The van der Waals surface area contributed by atoms with Crippen molar-refractivity contribution in [2.45, 2.75) is 18.9 Å². The molecule has 0 bridgehead atoms. The first-order valence-corrected chi connectivity index (χ1v) is 8.60. The molecular weight excluding hydrogens is 346 g/mol. The van der Waals surface area contributed by atoms with Gasteiger partial charge in [-0.15, -0.1) is 0 Å². The fraction of sp³-hybridized carbons (Fsp3) is 0.150. The number of fused-ring (bicyclic) bond motifs is 1. The molecule has 1 aromatic heterocycles. The Labute approximate surface area is 154 Å². The molecule has 4 rings (SSSR count). The van der Waals surface area contributed by atoms with Crippen LogP contribution in [0.25, 0.3) is 17.2 Å². The number of carbonyl (C=O) groups is 2. The second-order valence-electron chi connectivity index (χ2n) is 6.42. The van der Waals surface area contributed by atoms with Gasteiger partial charge < -0.3 is 15.1 Å². The van der Waals surface area contributed by atoms with E-state index in [0.29, 0.717) is 28.4 Å². The van der Waals surface area contributed by atoms with Crippen molar-refractivity contribution in [2.24, 2.45) is 0 Å². The smallest absolute Gasteiger partial charge is 0.408 e. The first-order valence-electron chi connectivity index (χ1n) is 8.60. The molecule has 1 fully saturated rings. The van der Waals surface area contributed by atoms with Crippen LogP contribution in [0.1, 0.15) is 28.8 Å². The number of H-pyrrole nitrogens is 1. The van der Waals surface area contributed by atoms with Gasteiger partial charge in [0, 0.05) is 23.4 Å². The predicted molar refractivity (Wildman–Crippen MR) is 101 cm³/mol. The molecule has 0 radical (unpaired) electrons. The normalized spacial score (nSPS) is 13.8. The molecule has 1 aliphatic rings. The number of aromatic amines is 1. The van der Waals surface area contributed by atoms with E-state index in [1.807, 2.05) is 0 Å². The van der Waals surface area contributed by atoms with E-state index in [2.05, 4.69) is 15.6 Å². The first kappa shape index (κ1) is 16.8. The largest absolute Gasteiger partial charge is 0.417 e. The second kappa shape index (κ2) is 6.95. The lowest BCUT2D eigenvalue weighted by Crippen LogP contribution is -2.25. The molecule has 2 amide bonds. The number of anilines is 1. The van der Waals surface area contributed by atoms with Crippen LogP contribution in [-0.4, -0.2) is 22.8 Å². The van der Waals surface area contributed by atoms with Crippen LogP contribution in [0.5, 0.6) is 0 Å². The lowest BCUT2D eigenvalue weighted by atomic mass is 10.1. The molecule has 3 N–H and O–H groups in total. The van der Waals surface area contributed by atoms with Crippen LogP contribution in [0.15, 0.2) is 57.8 Å². The molecule has 7 nitrogen and oxygen atoms in total. The summed E-state index contributed by atoms with van der Waals surface area (Å²) in [6.45, 7) is 0. The van der Waals surface area contributed by atoms with Gasteiger partial charge in [-0.05, 0) is 54.8 Å². The number of nitrogens with one attached hydrogen (secondary N) is 3. The number of carbonyl (C=O) groups excluding carboxylic acids is 2. The highest BCUT2D eigenvalue weighted by molar-refractivity contribution is 6.02. The molecule has 2 aromatic carbocycles. The fourth-order valence-corrected chi connectivity index (χ4v) is 2.63. The quantitative estimate of drug-likeness (QED) is 0.606. The minimum Gasteiger partial charge on any atom is -0.408 e. The first-order chi connectivity index (χ1) is 13.1. The van der Waals surface area contributed by atoms with E-state index in [-0.39, 0.29) is 11.8 Å². The number of aromatic nitrogens is 1. The van der Waals surface area contributed by atoms with E-state index in [4.69, 9.17) is 4.42 Å². The van der Waals surface area contributed by atoms with E-state index in [1.165, 1.54) is 6.08 Å². The van der Waals surface area contributed by atoms with Gasteiger partial charge in [-0.1, -0.05) is 12.1 Å². The highest BCUT2D eigenvalue weighted by atomic mass is 16.4. The zero-order valence-corrected chi connectivity index (χ0v) is 14.3. The zero-order valence-electron chi connectivity index (χ0n) is 14.3. The molecule has 1 saturated carbocycles. The number of rotatable bonds is 5. The van der Waals surface area contributed by atoms with Gasteiger partial charge in [0.15, 0.2) is 5.58 Å². The second-order valence-corrected chi connectivity index (χ2v) is 6.42. The molecule has 0 atom stereocenters. The number of hydrogen-bond donors (Lipinski definition) is 3. The lowest BCUT2D eigenvalue weighted by molar-refractivity contribution is -0.111. The average Bonchev–Trinajstić information content (AvgIpc) is 3.39. The van der Waals surface area contributed by atoms with Crippen molar-refractivity contribution in [1.82, 2.24) is 10.3 Å². The summed E-state index contributed by atoms with van der Waals surface area (Å²) >= 11 is 0. The number of amides is 2. The van der Waals surface area contributed by atoms with Crippen molar-refractivity contribution in [3.63, 3.8) is 0 Å². The minimum atomic E-state index is -0.539. The van der Waals surface area contributed by atoms with Gasteiger partial charge in [-0.25, -0.2) is 4.79 Å². The summed E-state index contributed by atoms with van der Waals surface area (Å²) in [4.78, 5) is 37.7. The Morgan fingerprint density at radius 2 is 1.89 bits per heavy atom.